The molecule has 1 aliphatic rings. The lowest BCUT2D eigenvalue weighted by atomic mass is 10.1. The Morgan fingerprint density at radius 1 is 1.46 bits per heavy atom. The van der Waals surface area contributed by atoms with E-state index in [0.29, 0.717) is 0 Å². The first-order chi connectivity index (χ1) is 6.31. The largest absolute Gasteiger partial charge is 0.316 e. The fraction of sp³-hybridized carbons (Fsp3) is 0.273. The second-order valence-electron chi connectivity index (χ2n) is 3.27. The van der Waals surface area contributed by atoms with E-state index in [1.807, 2.05) is 13.1 Å². The topological polar surface area (TPSA) is 12.0 Å². The van der Waals surface area contributed by atoms with Crippen molar-refractivity contribution in [3.8, 4) is 0 Å². The predicted molar refractivity (Wildman–Crippen MR) is 52.0 cm³/mol. The Hall–Kier alpha value is -1.15. The highest BCUT2D eigenvalue weighted by Gasteiger charge is 2.13. The van der Waals surface area contributed by atoms with E-state index < -0.39 is 0 Å². The molecular weight excluding hydrogens is 165 g/mol. The van der Waals surface area contributed by atoms with Gasteiger partial charge in [-0.15, -0.1) is 0 Å². The molecule has 2 heteroatoms. The molecule has 0 radical (unpaired) electrons. The van der Waals surface area contributed by atoms with Gasteiger partial charge in [0, 0.05) is 6.54 Å². The second-order valence-corrected chi connectivity index (χ2v) is 3.27. The molecule has 1 aromatic rings. The maximum absolute atomic E-state index is 12.8. The minimum absolute atomic E-state index is 0.141. The standard InChI is InChI=1S/C11H12FN/c1-13-7-9-3-2-8-6-10(12)4-5-11(8)9/h3-6,13H,2,7H2,1H3. The van der Waals surface area contributed by atoms with Gasteiger partial charge < -0.3 is 5.32 Å². The van der Waals surface area contributed by atoms with Gasteiger partial charge in [0.1, 0.15) is 5.82 Å². The Kier molecular flexibility index (Phi) is 2.15. The third-order valence-electron chi connectivity index (χ3n) is 2.35. The van der Waals surface area contributed by atoms with E-state index in [1.54, 1.807) is 6.07 Å². The van der Waals surface area contributed by atoms with Crippen LogP contribution >= 0.6 is 0 Å². The molecule has 68 valence electrons. The lowest BCUT2D eigenvalue weighted by Gasteiger charge is -2.04. The summed E-state index contributed by atoms with van der Waals surface area (Å²) in [5.41, 5.74) is 3.57. The van der Waals surface area contributed by atoms with Crippen LogP contribution in [0.15, 0.2) is 24.3 Å². The lowest BCUT2D eigenvalue weighted by molar-refractivity contribution is 0.626. The molecule has 0 unspecified atom stereocenters. The first-order valence-corrected chi connectivity index (χ1v) is 4.43. The summed E-state index contributed by atoms with van der Waals surface area (Å²) in [6.07, 6.45) is 3.02. The van der Waals surface area contributed by atoms with Crippen molar-refractivity contribution in [2.75, 3.05) is 13.6 Å². The fourth-order valence-electron chi connectivity index (χ4n) is 1.75. The van der Waals surface area contributed by atoms with Crippen LogP contribution in [0, 0.1) is 5.82 Å². The number of halogens is 1. The van der Waals surface area contributed by atoms with Crippen LogP contribution in [-0.2, 0) is 6.42 Å². The molecule has 0 saturated carbocycles. The van der Waals surface area contributed by atoms with Crippen molar-refractivity contribution in [2.45, 2.75) is 6.42 Å². The SMILES string of the molecule is CNCC1=CCc2cc(F)ccc21. The second kappa shape index (κ2) is 3.30. The minimum Gasteiger partial charge on any atom is -0.316 e. The van der Waals surface area contributed by atoms with Gasteiger partial charge in [-0.2, -0.15) is 0 Å². The number of nitrogens with one attached hydrogen (secondary N) is 1. The predicted octanol–water partition coefficient (Wildman–Crippen LogP) is 1.98. The molecular formula is C11H12FN. The van der Waals surface area contributed by atoms with Crippen LogP contribution in [0.2, 0.25) is 0 Å². The normalized spacial score (nSPS) is 14.2. The summed E-state index contributed by atoms with van der Waals surface area (Å²) in [7, 11) is 1.92. The molecule has 0 bridgehead atoms. The number of hydrogen-bond acceptors (Lipinski definition) is 1. The Balaban J connectivity index is 2.34. The maximum atomic E-state index is 12.8. The Morgan fingerprint density at radius 3 is 3.08 bits per heavy atom. The molecule has 1 N–H and O–H groups in total. The summed E-state index contributed by atoms with van der Waals surface area (Å²) in [6, 6.07) is 5.00. The van der Waals surface area contributed by atoms with Gasteiger partial charge in [-0.1, -0.05) is 12.1 Å². The molecule has 13 heavy (non-hydrogen) atoms. The van der Waals surface area contributed by atoms with Crippen molar-refractivity contribution in [1.82, 2.24) is 5.32 Å². The molecule has 0 spiro atoms. The molecule has 0 saturated heterocycles. The third kappa shape index (κ3) is 1.49. The summed E-state index contributed by atoms with van der Waals surface area (Å²) >= 11 is 0. The van der Waals surface area contributed by atoms with E-state index in [-0.39, 0.29) is 5.82 Å². The first kappa shape index (κ1) is 8.45. The Bertz CT molecular complexity index is 355. The summed E-state index contributed by atoms with van der Waals surface area (Å²) in [5, 5.41) is 3.10. The van der Waals surface area contributed by atoms with Crippen LogP contribution in [0.25, 0.3) is 5.57 Å². The van der Waals surface area contributed by atoms with Gasteiger partial charge in [-0.25, -0.2) is 4.39 Å². The van der Waals surface area contributed by atoms with Gasteiger partial charge in [0.15, 0.2) is 0 Å². The monoisotopic (exact) mass is 177 g/mol. The summed E-state index contributed by atoms with van der Waals surface area (Å²) in [4.78, 5) is 0. The number of likely N-dealkylation sites (N-methyl/N-ethyl adjacent to an activating group) is 1. The van der Waals surface area contributed by atoms with Crippen LogP contribution in [0.4, 0.5) is 4.39 Å². The van der Waals surface area contributed by atoms with Gasteiger partial charge in [0.2, 0.25) is 0 Å². The van der Waals surface area contributed by atoms with Crippen LogP contribution < -0.4 is 5.32 Å². The third-order valence-corrected chi connectivity index (χ3v) is 2.35. The maximum Gasteiger partial charge on any atom is 0.123 e. The van der Waals surface area contributed by atoms with Crippen molar-refractivity contribution >= 4 is 5.57 Å². The summed E-state index contributed by atoms with van der Waals surface area (Å²) in [5.74, 6) is -0.141. The number of fused-ring (bicyclic) bond motifs is 1. The fourth-order valence-corrected chi connectivity index (χ4v) is 1.75. The lowest BCUT2D eigenvalue weighted by Crippen LogP contribution is -2.08. The van der Waals surface area contributed by atoms with Gasteiger partial charge in [0.25, 0.3) is 0 Å². The Morgan fingerprint density at radius 2 is 2.31 bits per heavy atom. The molecule has 0 heterocycles. The summed E-state index contributed by atoms with van der Waals surface area (Å²) in [6.45, 7) is 0.860. The molecule has 0 amide bonds. The van der Waals surface area contributed by atoms with Crippen molar-refractivity contribution < 1.29 is 4.39 Å². The molecule has 1 nitrogen and oxygen atoms in total. The van der Waals surface area contributed by atoms with E-state index in [0.717, 1.165) is 18.5 Å². The van der Waals surface area contributed by atoms with Gasteiger partial charge in [0.05, 0.1) is 0 Å². The molecule has 0 aliphatic heterocycles. The Labute approximate surface area is 77.3 Å². The zero-order valence-electron chi connectivity index (χ0n) is 7.60. The number of allylic oxidation sites excluding steroid dienone is 1. The molecule has 1 aliphatic carbocycles. The quantitative estimate of drug-likeness (QED) is 0.728. The smallest absolute Gasteiger partial charge is 0.123 e. The molecule has 0 fully saturated rings. The number of rotatable bonds is 2. The highest BCUT2D eigenvalue weighted by Crippen LogP contribution is 2.27. The van der Waals surface area contributed by atoms with Crippen molar-refractivity contribution in [3.05, 3.63) is 41.2 Å². The molecule has 0 aromatic heterocycles. The van der Waals surface area contributed by atoms with E-state index in [2.05, 4.69) is 11.4 Å². The van der Waals surface area contributed by atoms with Crippen LogP contribution in [0.5, 0.6) is 0 Å². The summed E-state index contributed by atoms with van der Waals surface area (Å²) < 4.78 is 12.8. The van der Waals surface area contributed by atoms with Crippen LogP contribution in [-0.4, -0.2) is 13.6 Å². The molecule has 0 atom stereocenters. The number of hydrogen-bond donors (Lipinski definition) is 1. The van der Waals surface area contributed by atoms with Crippen molar-refractivity contribution in [2.24, 2.45) is 0 Å². The highest BCUT2D eigenvalue weighted by atomic mass is 19.1. The van der Waals surface area contributed by atoms with Gasteiger partial charge in [-0.3, -0.25) is 0 Å². The van der Waals surface area contributed by atoms with E-state index >= 15 is 0 Å². The van der Waals surface area contributed by atoms with Crippen LogP contribution in [0.3, 0.4) is 0 Å². The van der Waals surface area contributed by atoms with Gasteiger partial charge >= 0.3 is 0 Å². The first-order valence-electron chi connectivity index (χ1n) is 4.43. The zero-order chi connectivity index (χ0) is 9.26. The number of benzene rings is 1. The van der Waals surface area contributed by atoms with Crippen LogP contribution in [0.1, 0.15) is 11.1 Å². The van der Waals surface area contributed by atoms with Crippen molar-refractivity contribution in [1.29, 1.82) is 0 Å². The average molecular weight is 177 g/mol. The zero-order valence-corrected chi connectivity index (χ0v) is 7.60. The minimum atomic E-state index is -0.141. The van der Waals surface area contributed by atoms with E-state index in [4.69, 9.17) is 0 Å². The van der Waals surface area contributed by atoms with Crippen molar-refractivity contribution in [3.63, 3.8) is 0 Å². The van der Waals surface area contributed by atoms with E-state index in [1.165, 1.54) is 17.2 Å². The van der Waals surface area contributed by atoms with Gasteiger partial charge in [-0.05, 0) is 42.3 Å². The molecule has 2 rings (SSSR count). The highest BCUT2D eigenvalue weighted by molar-refractivity contribution is 5.74. The average Bonchev–Trinajstić information content (AvgIpc) is 2.49. The van der Waals surface area contributed by atoms with E-state index in [9.17, 15) is 4.39 Å². The molecule has 1 aromatic carbocycles.